The van der Waals surface area contributed by atoms with E-state index < -0.39 is 0 Å². The number of alkyl halides is 2. The molecule has 1 aliphatic heterocycles. The van der Waals surface area contributed by atoms with Crippen molar-refractivity contribution in [2.75, 3.05) is 19.6 Å². The summed E-state index contributed by atoms with van der Waals surface area (Å²) in [6.07, 6.45) is 2.58. The number of hydrogen-bond acceptors (Lipinski definition) is 1. The van der Waals surface area contributed by atoms with E-state index in [1.165, 1.54) is 19.4 Å². The Morgan fingerprint density at radius 2 is 1.92 bits per heavy atom. The van der Waals surface area contributed by atoms with Crippen molar-refractivity contribution in [3.05, 3.63) is 0 Å². The SMILES string of the molecule is CCCCN1CC2C(C1)C2(Cl)Cl. The fourth-order valence-corrected chi connectivity index (χ4v) is 2.91. The van der Waals surface area contributed by atoms with Gasteiger partial charge in [0.1, 0.15) is 4.33 Å². The van der Waals surface area contributed by atoms with Gasteiger partial charge in [0, 0.05) is 24.9 Å². The zero-order valence-corrected chi connectivity index (χ0v) is 8.91. The number of piperidine rings is 1. The molecule has 70 valence electrons. The largest absolute Gasteiger partial charge is 0.303 e. The zero-order chi connectivity index (χ0) is 8.77. The number of rotatable bonds is 3. The summed E-state index contributed by atoms with van der Waals surface area (Å²) in [4.78, 5) is 2.49. The molecule has 0 amide bonds. The average molecular weight is 208 g/mol. The van der Waals surface area contributed by atoms with Gasteiger partial charge in [0.25, 0.3) is 0 Å². The predicted octanol–water partition coefficient (Wildman–Crippen LogP) is 2.52. The predicted molar refractivity (Wildman–Crippen MR) is 52.8 cm³/mol. The first kappa shape index (κ1) is 9.11. The molecule has 12 heavy (non-hydrogen) atoms. The maximum Gasteiger partial charge on any atom is 0.127 e. The molecule has 0 spiro atoms. The molecule has 2 atom stereocenters. The van der Waals surface area contributed by atoms with Crippen molar-refractivity contribution in [2.45, 2.75) is 24.1 Å². The van der Waals surface area contributed by atoms with E-state index in [0.717, 1.165) is 13.1 Å². The number of nitrogens with zero attached hydrogens (tertiary/aromatic N) is 1. The number of halogens is 2. The quantitative estimate of drug-likeness (QED) is 0.644. The van der Waals surface area contributed by atoms with Crippen LogP contribution in [0.5, 0.6) is 0 Å². The van der Waals surface area contributed by atoms with Crippen molar-refractivity contribution < 1.29 is 0 Å². The fourth-order valence-electron chi connectivity index (χ4n) is 2.15. The molecule has 0 aromatic heterocycles. The summed E-state index contributed by atoms with van der Waals surface area (Å²) >= 11 is 12.1. The lowest BCUT2D eigenvalue weighted by atomic mass is 10.3. The van der Waals surface area contributed by atoms with Crippen molar-refractivity contribution in [1.29, 1.82) is 0 Å². The van der Waals surface area contributed by atoms with Gasteiger partial charge < -0.3 is 4.90 Å². The van der Waals surface area contributed by atoms with Crippen LogP contribution in [0.4, 0.5) is 0 Å². The van der Waals surface area contributed by atoms with E-state index in [-0.39, 0.29) is 4.33 Å². The highest BCUT2D eigenvalue weighted by atomic mass is 35.5. The normalized spacial score (nSPS) is 38.2. The molecule has 2 fully saturated rings. The van der Waals surface area contributed by atoms with Crippen molar-refractivity contribution in [3.8, 4) is 0 Å². The molecule has 0 radical (unpaired) electrons. The van der Waals surface area contributed by atoms with Gasteiger partial charge in [-0.25, -0.2) is 0 Å². The van der Waals surface area contributed by atoms with Crippen molar-refractivity contribution >= 4 is 23.2 Å². The molecule has 1 heterocycles. The average Bonchev–Trinajstić information content (AvgIpc) is 2.51. The van der Waals surface area contributed by atoms with Crippen LogP contribution in [0.1, 0.15) is 19.8 Å². The first-order chi connectivity index (χ1) is 5.66. The van der Waals surface area contributed by atoms with Gasteiger partial charge in [-0.05, 0) is 13.0 Å². The van der Waals surface area contributed by atoms with Gasteiger partial charge in [0.05, 0.1) is 0 Å². The number of likely N-dealkylation sites (tertiary alicyclic amines) is 1. The molecule has 1 saturated carbocycles. The van der Waals surface area contributed by atoms with Crippen molar-refractivity contribution in [1.82, 2.24) is 4.90 Å². The number of hydrogen-bond donors (Lipinski definition) is 0. The molecule has 2 aliphatic rings. The van der Waals surface area contributed by atoms with Gasteiger partial charge in [-0.1, -0.05) is 13.3 Å². The van der Waals surface area contributed by atoms with Crippen LogP contribution in [0.3, 0.4) is 0 Å². The Morgan fingerprint density at radius 3 is 2.42 bits per heavy atom. The van der Waals surface area contributed by atoms with Gasteiger partial charge >= 0.3 is 0 Å². The van der Waals surface area contributed by atoms with E-state index in [1.807, 2.05) is 0 Å². The van der Waals surface area contributed by atoms with Crippen LogP contribution in [0.25, 0.3) is 0 Å². The standard InChI is InChI=1S/C9H15Cl2N/c1-2-3-4-12-5-7-8(6-12)9(7,10)11/h7-8H,2-6H2,1H3. The molecule has 3 heteroatoms. The van der Waals surface area contributed by atoms with Crippen LogP contribution in [0.15, 0.2) is 0 Å². The van der Waals surface area contributed by atoms with E-state index >= 15 is 0 Å². The number of unbranched alkanes of at least 4 members (excludes halogenated alkanes) is 1. The Kier molecular flexibility index (Phi) is 2.31. The highest BCUT2D eigenvalue weighted by molar-refractivity contribution is 6.51. The van der Waals surface area contributed by atoms with Crippen molar-refractivity contribution in [3.63, 3.8) is 0 Å². The second-order valence-corrected chi connectivity index (χ2v) is 5.44. The minimum atomic E-state index is -0.358. The van der Waals surface area contributed by atoms with Crippen LogP contribution in [-0.4, -0.2) is 28.9 Å². The summed E-state index contributed by atoms with van der Waals surface area (Å²) in [5.41, 5.74) is 0. The highest BCUT2D eigenvalue weighted by Crippen LogP contribution is 2.62. The lowest BCUT2D eigenvalue weighted by molar-refractivity contribution is 0.297. The summed E-state index contributed by atoms with van der Waals surface area (Å²) in [6.45, 7) is 5.70. The van der Waals surface area contributed by atoms with Crippen LogP contribution < -0.4 is 0 Å². The highest BCUT2D eigenvalue weighted by Gasteiger charge is 2.66. The Hall–Kier alpha value is 0.540. The van der Waals surface area contributed by atoms with Crippen LogP contribution >= 0.6 is 23.2 Å². The van der Waals surface area contributed by atoms with Crippen LogP contribution in [-0.2, 0) is 0 Å². The topological polar surface area (TPSA) is 3.24 Å². The Balaban J connectivity index is 1.75. The maximum atomic E-state index is 6.05. The molecular weight excluding hydrogens is 193 g/mol. The molecule has 1 saturated heterocycles. The van der Waals surface area contributed by atoms with Crippen LogP contribution in [0, 0.1) is 11.8 Å². The van der Waals surface area contributed by atoms with Crippen molar-refractivity contribution in [2.24, 2.45) is 11.8 Å². The molecule has 1 aliphatic carbocycles. The third-order valence-corrected chi connectivity index (χ3v) is 4.22. The summed E-state index contributed by atoms with van der Waals surface area (Å²) in [7, 11) is 0. The number of fused-ring (bicyclic) bond motifs is 1. The molecular formula is C9H15Cl2N. The minimum absolute atomic E-state index is 0.358. The van der Waals surface area contributed by atoms with E-state index in [4.69, 9.17) is 23.2 Å². The van der Waals surface area contributed by atoms with Gasteiger partial charge in [-0.2, -0.15) is 0 Å². The zero-order valence-electron chi connectivity index (χ0n) is 7.39. The van der Waals surface area contributed by atoms with Gasteiger partial charge in [0.2, 0.25) is 0 Å². The molecule has 2 unspecified atom stereocenters. The Morgan fingerprint density at radius 1 is 1.33 bits per heavy atom. The van der Waals surface area contributed by atoms with E-state index in [0.29, 0.717) is 11.8 Å². The van der Waals surface area contributed by atoms with Gasteiger partial charge in [0.15, 0.2) is 0 Å². The minimum Gasteiger partial charge on any atom is -0.303 e. The molecule has 1 nitrogen and oxygen atoms in total. The molecule has 0 N–H and O–H groups in total. The third kappa shape index (κ3) is 1.36. The molecule has 0 aromatic rings. The first-order valence-electron chi connectivity index (χ1n) is 4.76. The van der Waals surface area contributed by atoms with Gasteiger partial charge in [-0.15, -0.1) is 23.2 Å². The second kappa shape index (κ2) is 3.04. The van der Waals surface area contributed by atoms with Gasteiger partial charge in [-0.3, -0.25) is 0 Å². The van der Waals surface area contributed by atoms with Crippen LogP contribution in [0.2, 0.25) is 0 Å². The lowest BCUT2D eigenvalue weighted by Crippen LogP contribution is -2.27. The van der Waals surface area contributed by atoms with E-state index in [2.05, 4.69) is 11.8 Å². The molecule has 0 bridgehead atoms. The molecule has 0 aromatic carbocycles. The summed E-state index contributed by atoms with van der Waals surface area (Å²) in [5, 5.41) is 0. The fraction of sp³-hybridized carbons (Fsp3) is 1.00. The van der Waals surface area contributed by atoms with E-state index in [1.54, 1.807) is 0 Å². The summed E-state index contributed by atoms with van der Waals surface area (Å²) < 4.78 is -0.358. The third-order valence-electron chi connectivity index (χ3n) is 3.10. The maximum absolute atomic E-state index is 6.05. The monoisotopic (exact) mass is 207 g/mol. The summed E-state index contributed by atoms with van der Waals surface area (Å²) in [6, 6.07) is 0. The Bertz CT molecular complexity index is 167. The lowest BCUT2D eigenvalue weighted by Gasteiger charge is -2.19. The smallest absolute Gasteiger partial charge is 0.127 e. The second-order valence-electron chi connectivity index (χ2n) is 4.00. The first-order valence-corrected chi connectivity index (χ1v) is 5.52. The summed E-state index contributed by atoms with van der Waals surface area (Å²) in [5.74, 6) is 1.13. The molecule has 2 rings (SSSR count). The Labute approximate surface area is 84.0 Å². The van der Waals surface area contributed by atoms with E-state index in [9.17, 15) is 0 Å².